The third kappa shape index (κ3) is 7.79. The Kier molecular flexibility index (Phi) is 9.10. The van der Waals surface area contributed by atoms with Gasteiger partial charge in [-0.3, -0.25) is 4.99 Å². The van der Waals surface area contributed by atoms with Crippen LogP contribution < -0.4 is 15.8 Å². The van der Waals surface area contributed by atoms with E-state index in [-0.39, 0.29) is 47.4 Å². The number of alkyl halides is 3. The van der Waals surface area contributed by atoms with Crippen LogP contribution in [0.25, 0.3) is 0 Å². The summed E-state index contributed by atoms with van der Waals surface area (Å²) in [5, 5.41) is 2.76. The molecule has 0 fully saturated rings. The Hall–Kier alpha value is -1.75. The number of nitrogens with two attached hydrogens (primary N) is 1. The fourth-order valence-corrected chi connectivity index (χ4v) is 2.16. The summed E-state index contributed by atoms with van der Waals surface area (Å²) in [6, 6.07) is 8.46. The van der Waals surface area contributed by atoms with E-state index in [9.17, 15) is 13.2 Å². The number of aliphatic imine (C=N–C) groups is 1. The molecule has 5 nitrogen and oxygen atoms in total. The molecule has 0 aliphatic rings. The monoisotopic (exact) mass is 514 g/mol. The minimum atomic E-state index is -4.49. The van der Waals surface area contributed by atoms with Crippen molar-refractivity contribution in [2.45, 2.75) is 19.5 Å². The summed E-state index contributed by atoms with van der Waals surface area (Å²) in [4.78, 5) is 7.74. The number of hydrogen-bond donors (Lipinski definition) is 2. The SMILES string of the molecule is Cc1ccc(NC(N)=NCCCOc2ncc(C(F)(F)F)cc2Cl)cc1.I. The zero-order chi connectivity index (χ0) is 19.2. The van der Waals surface area contributed by atoms with Crippen LogP contribution in [0.5, 0.6) is 5.88 Å². The number of guanidine groups is 1. The van der Waals surface area contributed by atoms with Gasteiger partial charge < -0.3 is 15.8 Å². The number of aromatic nitrogens is 1. The quantitative estimate of drug-likeness (QED) is 0.250. The highest BCUT2D eigenvalue weighted by Gasteiger charge is 2.31. The average molecular weight is 515 g/mol. The first-order valence-electron chi connectivity index (χ1n) is 7.75. The number of hydrogen-bond acceptors (Lipinski definition) is 3. The van der Waals surface area contributed by atoms with Gasteiger partial charge in [-0.25, -0.2) is 4.98 Å². The van der Waals surface area contributed by atoms with E-state index in [0.717, 1.165) is 17.3 Å². The minimum Gasteiger partial charge on any atom is -0.477 e. The molecule has 3 N–H and O–H groups in total. The molecule has 148 valence electrons. The number of benzene rings is 1. The predicted octanol–water partition coefficient (Wildman–Crippen LogP) is 4.88. The van der Waals surface area contributed by atoms with Gasteiger partial charge in [0.05, 0.1) is 12.2 Å². The van der Waals surface area contributed by atoms with Crippen LogP contribution in [0.15, 0.2) is 41.5 Å². The maximum atomic E-state index is 12.5. The zero-order valence-electron chi connectivity index (χ0n) is 14.4. The molecule has 1 aromatic heterocycles. The number of aryl methyl sites for hydroxylation is 1. The molecule has 1 heterocycles. The van der Waals surface area contributed by atoms with Gasteiger partial charge in [-0.05, 0) is 25.1 Å². The van der Waals surface area contributed by atoms with Gasteiger partial charge in [0.15, 0.2) is 5.96 Å². The van der Waals surface area contributed by atoms with Crippen LogP contribution in [0.1, 0.15) is 17.5 Å². The second kappa shape index (κ2) is 10.5. The summed E-state index contributed by atoms with van der Waals surface area (Å²) < 4.78 is 42.9. The smallest absolute Gasteiger partial charge is 0.417 e. The van der Waals surface area contributed by atoms with Gasteiger partial charge in [-0.1, -0.05) is 29.3 Å². The second-order valence-electron chi connectivity index (χ2n) is 5.47. The molecule has 0 radical (unpaired) electrons. The molecule has 0 aliphatic carbocycles. The maximum Gasteiger partial charge on any atom is 0.417 e. The van der Waals surface area contributed by atoms with Crippen molar-refractivity contribution in [3.05, 3.63) is 52.7 Å². The molecule has 0 saturated carbocycles. The lowest BCUT2D eigenvalue weighted by Crippen LogP contribution is -2.23. The summed E-state index contributed by atoms with van der Waals surface area (Å²) in [7, 11) is 0. The number of anilines is 1. The highest BCUT2D eigenvalue weighted by atomic mass is 127. The fraction of sp³-hybridized carbons (Fsp3) is 0.294. The topological polar surface area (TPSA) is 72.5 Å². The molecule has 0 bridgehead atoms. The Morgan fingerprint density at radius 2 is 1.96 bits per heavy atom. The Bertz CT molecular complexity index is 770. The van der Waals surface area contributed by atoms with Gasteiger partial charge in [-0.15, -0.1) is 24.0 Å². The lowest BCUT2D eigenvalue weighted by molar-refractivity contribution is -0.137. The van der Waals surface area contributed by atoms with E-state index < -0.39 is 11.7 Å². The zero-order valence-corrected chi connectivity index (χ0v) is 17.5. The fourth-order valence-electron chi connectivity index (χ4n) is 1.94. The third-order valence-electron chi connectivity index (χ3n) is 3.28. The van der Waals surface area contributed by atoms with Crippen molar-refractivity contribution in [2.75, 3.05) is 18.5 Å². The first-order valence-corrected chi connectivity index (χ1v) is 8.12. The molecule has 0 spiro atoms. The van der Waals surface area contributed by atoms with E-state index in [0.29, 0.717) is 19.2 Å². The lowest BCUT2D eigenvalue weighted by Gasteiger charge is -2.10. The molecule has 2 rings (SSSR count). The van der Waals surface area contributed by atoms with E-state index in [1.165, 1.54) is 0 Å². The summed E-state index contributed by atoms with van der Waals surface area (Å²) >= 11 is 5.76. The number of pyridine rings is 1. The van der Waals surface area contributed by atoms with Crippen molar-refractivity contribution in [3.63, 3.8) is 0 Å². The lowest BCUT2D eigenvalue weighted by atomic mass is 10.2. The number of halogens is 5. The molecule has 0 atom stereocenters. The van der Waals surface area contributed by atoms with Crippen molar-refractivity contribution in [1.29, 1.82) is 0 Å². The van der Waals surface area contributed by atoms with Crippen LogP contribution in [-0.2, 0) is 6.18 Å². The average Bonchev–Trinajstić information content (AvgIpc) is 2.57. The largest absolute Gasteiger partial charge is 0.477 e. The highest BCUT2D eigenvalue weighted by molar-refractivity contribution is 14.0. The van der Waals surface area contributed by atoms with Gasteiger partial charge in [0.25, 0.3) is 0 Å². The highest BCUT2D eigenvalue weighted by Crippen LogP contribution is 2.33. The van der Waals surface area contributed by atoms with Crippen LogP contribution >= 0.6 is 35.6 Å². The predicted molar refractivity (Wildman–Crippen MR) is 111 cm³/mol. The summed E-state index contributed by atoms with van der Waals surface area (Å²) in [5.74, 6) is 0.217. The summed E-state index contributed by atoms with van der Waals surface area (Å²) in [6.45, 7) is 2.56. The maximum absolute atomic E-state index is 12.5. The number of rotatable bonds is 6. The number of nitrogens with zero attached hydrogens (tertiary/aromatic N) is 2. The van der Waals surface area contributed by atoms with E-state index in [1.807, 2.05) is 31.2 Å². The van der Waals surface area contributed by atoms with Gasteiger partial charge in [-0.2, -0.15) is 13.2 Å². The van der Waals surface area contributed by atoms with Gasteiger partial charge in [0.1, 0.15) is 5.02 Å². The normalized spacial score (nSPS) is 11.7. The van der Waals surface area contributed by atoms with Gasteiger partial charge in [0, 0.05) is 24.8 Å². The number of ether oxygens (including phenoxy) is 1. The van der Waals surface area contributed by atoms with Crippen LogP contribution in [0.4, 0.5) is 18.9 Å². The molecular weight excluding hydrogens is 496 g/mol. The Labute approximate surface area is 177 Å². The third-order valence-corrected chi connectivity index (χ3v) is 3.55. The summed E-state index contributed by atoms with van der Waals surface area (Å²) in [5.41, 5.74) is 6.82. The molecule has 2 aromatic rings. The van der Waals surface area contributed by atoms with Crippen molar-refractivity contribution in [3.8, 4) is 5.88 Å². The first-order chi connectivity index (χ1) is 12.3. The molecule has 10 heteroatoms. The first kappa shape index (κ1) is 23.3. The van der Waals surface area contributed by atoms with E-state index in [1.54, 1.807) is 0 Å². The number of nitrogens with one attached hydrogen (secondary N) is 1. The van der Waals surface area contributed by atoms with Crippen molar-refractivity contribution in [2.24, 2.45) is 10.7 Å². The minimum absolute atomic E-state index is 0. The van der Waals surface area contributed by atoms with E-state index >= 15 is 0 Å². The standard InChI is InChI=1S/C17H18ClF3N4O.HI/c1-11-3-5-13(6-4-11)25-16(22)23-7-2-8-26-15-14(18)9-12(10-24-15)17(19,20)21;/h3-6,9-10H,2,7-8H2,1H3,(H3,22,23,25);1H. The summed E-state index contributed by atoms with van der Waals surface area (Å²) in [6.07, 6.45) is -3.32. The van der Waals surface area contributed by atoms with Crippen molar-refractivity contribution < 1.29 is 17.9 Å². The van der Waals surface area contributed by atoms with Crippen LogP contribution in [0.2, 0.25) is 5.02 Å². The van der Waals surface area contributed by atoms with Gasteiger partial charge >= 0.3 is 6.18 Å². The molecule has 0 aliphatic heterocycles. The second-order valence-corrected chi connectivity index (χ2v) is 5.88. The van der Waals surface area contributed by atoms with Crippen LogP contribution in [-0.4, -0.2) is 24.1 Å². The molecule has 0 amide bonds. The molecule has 0 unspecified atom stereocenters. The van der Waals surface area contributed by atoms with Crippen molar-refractivity contribution in [1.82, 2.24) is 4.98 Å². The van der Waals surface area contributed by atoms with Gasteiger partial charge in [0.2, 0.25) is 5.88 Å². The Balaban J connectivity index is 0.00000364. The molecular formula is C17H19ClF3IN4O. The van der Waals surface area contributed by atoms with Crippen LogP contribution in [0.3, 0.4) is 0 Å². The van der Waals surface area contributed by atoms with E-state index in [4.69, 9.17) is 22.1 Å². The Morgan fingerprint density at radius 3 is 2.56 bits per heavy atom. The van der Waals surface area contributed by atoms with Crippen molar-refractivity contribution >= 4 is 47.2 Å². The van der Waals surface area contributed by atoms with Crippen LogP contribution in [0, 0.1) is 6.92 Å². The molecule has 1 aromatic carbocycles. The molecule has 27 heavy (non-hydrogen) atoms. The molecule has 0 saturated heterocycles. The van der Waals surface area contributed by atoms with E-state index in [2.05, 4.69) is 15.3 Å². The Morgan fingerprint density at radius 1 is 1.30 bits per heavy atom.